The van der Waals surface area contributed by atoms with Crippen LogP contribution in [0.2, 0.25) is 0 Å². The fourth-order valence-electron chi connectivity index (χ4n) is 4.21. The monoisotopic (exact) mass is 369 g/mol. The molecule has 2 aliphatic heterocycles. The third-order valence-corrected chi connectivity index (χ3v) is 5.91. The molecule has 0 aromatic heterocycles. The summed E-state index contributed by atoms with van der Waals surface area (Å²) in [5.74, 6) is 1.57. The lowest BCUT2D eigenvalue weighted by Crippen LogP contribution is -2.39. The Morgan fingerprint density at radius 2 is 2.00 bits per heavy atom. The minimum absolute atomic E-state index is 0.0617. The van der Waals surface area contributed by atoms with Gasteiger partial charge in [-0.2, -0.15) is 0 Å². The van der Waals surface area contributed by atoms with E-state index in [0.717, 1.165) is 37.9 Å². The molecule has 0 amide bonds. The molecule has 4 rings (SSSR count). The number of hydrogen-bond donors (Lipinski definition) is 2. The second-order valence-electron chi connectivity index (χ2n) is 7.55. The predicted octanol–water partition coefficient (Wildman–Crippen LogP) is 3.94. The maximum absolute atomic E-state index is 10.4. The van der Waals surface area contributed by atoms with E-state index in [-0.39, 0.29) is 23.6 Å². The van der Waals surface area contributed by atoms with E-state index in [1.54, 1.807) is 13.2 Å². The molecule has 2 N–H and O–H groups in total. The minimum atomic E-state index is 0.0617. The minimum Gasteiger partial charge on any atom is -0.504 e. The Bertz CT molecular complexity index is 864. The summed E-state index contributed by atoms with van der Waals surface area (Å²) in [4.78, 5) is 2.42. The Balaban J connectivity index is 1.72. The summed E-state index contributed by atoms with van der Waals surface area (Å²) in [6.07, 6.45) is 2.71. The first-order valence-corrected chi connectivity index (χ1v) is 9.66. The number of hydrogen-bond acceptors (Lipinski definition) is 5. The smallest absolute Gasteiger partial charge is 0.166 e. The van der Waals surface area contributed by atoms with E-state index in [2.05, 4.69) is 11.8 Å². The van der Waals surface area contributed by atoms with Crippen LogP contribution >= 0.6 is 0 Å². The van der Waals surface area contributed by atoms with Gasteiger partial charge >= 0.3 is 0 Å². The van der Waals surface area contributed by atoms with Crippen LogP contribution in [0, 0.1) is 0 Å². The van der Waals surface area contributed by atoms with Gasteiger partial charge < -0.3 is 19.7 Å². The van der Waals surface area contributed by atoms with Gasteiger partial charge in [0.15, 0.2) is 23.0 Å². The second kappa shape index (κ2) is 6.97. The summed E-state index contributed by atoms with van der Waals surface area (Å²) < 4.78 is 11.3. The van der Waals surface area contributed by atoms with Gasteiger partial charge in [0.2, 0.25) is 0 Å². The van der Waals surface area contributed by atoms with E-state index in [0.29, 0.717) is 11.5 Å². The molecule has 5 nitrogen and oxygen atoms in total. The number of nitrogens with zero attached hydrogens (tertiary/aromatic N) is 1. The second-order valence-corrected chi connectivity index (χ2v) is 7.55. The molecule has 0 fully saturated rings. The van der Waals surface area contributed by atoms with Crippen LogP contribution in [-0.2, 0) is 19.4 Å². The van der Waals surface area contributed by atoms with Crippen LogP contribution in [0.3, 0.4) is 0 Å². The molecule has 2 heterocycles. The fourth-order valence-corrected chi connectivity index (χ4v) is 4.21. The molecular formula is C22H27NO4. The van der Waals surface area contributed by atoms with Crippen LogP contribution in [0.25, 0.3) is 0 Å². The van der Waals surface area contributed by atoms with Crippen molar-refractivity contribution in [1.29, 1.82) is 0 Å². The zero-order valence-electron chi connectivity index (χ0n) is 16.2. The Hall–Kier alpha value is -2.40. The molecule has 0 bridgehead atoms. The topological polar surface area (TPSA) is 62.2 Å². The zero-order valence-corrected chi connectivity index (χ0v) is 16.2. The maximum atomic E-state index is 10.4. The van der Waals surface area contributed by atoms with Gasteiger partial charge in [0.25, 0.3) is 0 Å². The van der Waals surface area contributed by atoms with Crippen molar-refractivity contribution in [2.45, 2.75) is 51.8 Å². The van der Waals surface area contributed by atoms with E-state index < -0.39 is 0 Å². The number of phenols is 2. The van der Waals surface area contributed by atoms with Gasteiger partial charge in [-0.25, -0.2) is 0 Å². The molecule has 5 heteroatoms. The summed E-state index contributed by atoms with van der Waals surface area (Å²) >= 11 is 0. The lowest BCUT2D eigenvalue weighted by Gasteiger charge is -2.42. The van der Waals surface area contributed by atoms with Gasteiger partial charge in [-0.3, -0.25) is 4.90 Å². The third-order valence-electron chi connectivity index (χ3n) is 5.91. The average Bonchev–Trinajstić information content (AvgIpc) is 2.68. The molecule has 0 saturated carbocycles. The van der Waals surface area contributed by atoms with E-state index in [1.165, 1.54) is 16.7 Å². The number of aromatic hydroxyl groups is 2. The molecule has 0 radical (unpaired) electrons. The number of benzene rings is 2. The lowest BCUT2D eigenvalue weighted by molar-refractivity contribution is 0.150. The predicted molar refractivity (Wildman–Crippen MR) is 104 cm³/mol. The van der Waals surface area contributed by atoms with Crippen molar-refractivity contribution in [2.75, 3.05) is 13.7 Å². The van der Waals surface area contributed by atoms with Gasteiger partial charge in [0.1, 0.15) is 0 Å². The highest BCUT2D eigenvalue weighted by molar-refractivity contribution is 5.54. The largest absolute Gasteiger partial charge is 0.504 e. The molecule has 144 valence electrons. The molecule has 2 aromatic carbocycles. The Kier molecular flexibility index (Phi) is 4.64. The van der Waals surface area contributed by atoms with E-state index in [9.17, 15) is 10.2 Å². The van der Waals surface area contributed by atoms with Crippen LogP contribution < -0.4 is 9.47 Å². The van der Waals surface area contributed by atoms with Gasteiger partial charge in [0, 0.05) is 24.7 Å². The molecular weight excluding hydrogens is 342 g/mol. The first-order valence-electron chi connectivity index (χ1n) is 9.66. The maximum Gasteiger partial charge on any atom is 0.166 e. The van der Waals surface area contributed by atoms with Crippen LogP contribution in [-0.4, -0.2) is 34.9 Å². The summed E-state index contributed by atoms with van der Waals surface area (Å²) in [6, 6.07) is 7.78. The molecule has 2 aromatic rings. The van der Waals surface area contributed by atoms with Crippen molar-refractivity contribution in [2.24, 2.45) is 0 Å². The molecule has 1 unspecified atom stereocenters. The average molecular weight is 369 g/mol. The molecule has 0 aliphatic carbocycles. The molecule has 2 aliphatic rings. The Labute approximate surface area is 160 Å². The number of fused-ring (bicyclic) bond motifs is 4. The van der Waals surface area contributed by atoms with Gasteiger partial charge in [-0.05, 0) is 61.1 Å². The normalized spacial score (nSPS) is 19.6. The molecule has 0 spiro atoms. The summed E-state index contributed by atoms with van der Waals surface area (Å²) in [6.45, 7) is 5.78. The van der Waals surface area contributed by atoms with Crippen molar-refractivity contribution < 1.29 is 19.7 Å². The van der Waals surface area contributed by atoms with E-state index in [1.807, 2.05) is 25.1 Å². The summed E-state index contributed by atoms with van der Waals surface area (Å²) in [7, 11) is 1.58. The van der Waals surface area contributed by atoms with Crippen molar-refractivity contribution in [3.05, 3.63) is 46.5 Å². The SMILES string of the molecule is CCC(C)Oc1c(O)ccc2c1CN1CCc3cc(OC)c(O)cc3[C@@H]1C2. The van der Waals surface area contributed by atoms with Gasteiger partial charge in [-0.1, -0.05) is 13.0 Å². The highest BCUT2D eigenvalue weighted by Crippen LogP contribution is 2.45. The van der Waals surface area contributed by atoms with Crippen molar-refractivity contribution >= 4 is 0 Å². The van der Waals surface area contributed by atoms with Crippen LogP contribution in [0.1, 0.15) is 48.6 Å². The molecule has 27 heavy (non-hydrogen) atoms. The van der Waals surface area contributed by atoms with Crippen LogP contribution in [0.5, 0.6) is 23.0 Å². The van der Waals surface area contributed by atoms with Crippen LogP contribution in [0.4, 0.5) is 0 Å². The Morgan fingerprint density at radius 1 is 1.19 bits per heavy atom. The van der Waals surface area contributed by atoms with E-state index in [4.69, 9.17) is 9.47 Å². The van der Waals surface area contributed by atoms with Gasteiger partial charge in [-0.15, -0.1) is 0 Å². The highest BCUT2D eigenvalue weighted by Gasteiger charge is 2.35. The Morgan fingerprint density at radius 3 is 2.74 bits per heavy atom. The molecule has 2 atom stereocenters. The van der Waals surface area contributed by atoms with Crippen molar-refractivity contribution in [3.8, 4) is 23.0 Å². The number of phenolic OH excluding ortho intramolecular Hbond substituents is 2. The van der Waals surface area contributed by atoms with Crippen LogP contribution in [0.15, 0.2) is 24.3 Å². The standard InChI is InChI=1S/C22H27NO4/c1-4-13(2)27-22-17-12-23-8-7-15-10-21(26-3)20(25)11-16(15)18(23)9-14(17)5-6-19(22)24/h5-6,10-11,13,18,24-25H,4,7-9,12H2,1-3H3/t13?,18-/m0/s1. The summed E-state index contributed by atoms with van der Waals surface area (Å²) in [5, 5.41) is 20.6. The van der Waals surface area contributed by atoms with E-state index >= 15 is 0 Å². The quantitative estimate of drug-likeness (QED) is 0.855. The highest BCUT2D eigenvalue weighted by atomic mass is 16.5. The lowest BCUT2D eigenvalue weighted by atomic mass is 9.83. The van der Waals surface area contributed by atoms with Crippen molar-refractivity contribution in [3.63, 3.8) is 0 Å². The van der Waals surface area contributed by atoms with Gasteiger partial charge in [0.05, 0.1) is 13.2 Å². The fraction of sp³-hybridized carbons (Fsp3) is 0.455. The molecule has 0 saturated heterocycles. The zero-order chi connectivity index (χ0) is 19.1. The number of ether oxygens (including phenoxy) is 2. The number of methoxy groups -OCH3 is 1. The third kappa shape index (κ3) is 3.10. The summed E-state index contributed by atoms with van der Waals surface area (Å²) in [5.41, 5.74) is 4.70. The first kappa shape index (κ1) is 18.0. The first-order chi connectivity index (χ1) is 13.0. The number of rotatable bonds is 4. The van der Waals surface area contributed by atoms with Crippen molar-refractivity contribution in [1.82, 2.24) is 4.90 Å².